The Morgan fingerprint density at radius 3 is 2.87 bits per heavy atom. The molecule has 1 aromatic rings. The lowest BCUT2D eigenvalue weighted by Gasteiger charge is -2.11. The zero-order valence-electron chi connectivity index (χ0n) is 8.73. The Morgan fingerprint density at radius 1 is 1.40 bits per heavy atom. The van der Waals surface area contributed by atoms with E-state index in [1.54, 1.807) is 7.11 Å². The van der Waals surface area contributed by atoms with Crippen molar-refractivity contribution in [2.75, 3.05) is 20.2 Å². The summed E-state index contributed by atoms with van der Waals surface area (Å²) < 4.78 is 5.31. The van der Waals surface area contributed by atoms with Gasteiger partial charge in [-0.15, -0.1) is 24.2 Å². The van der Waals surface area contributed by atoms with E-state index in [2.05, 4.69) is 17.4 Å². The first-order valence-electron chi connectivity index (χ1n) is 4.90. The number of benzene rings is 1. The van der Waals surface area contributed by atoms with Crippen molar-refractivity contribution in [1.82, 2.24) is 5.32 Å². The van der Waals surface area contributed by atoms with E-state index in [0.717, 1.165) is 18.8 Å². The van der Waals surface area contributed by atoms with Crippen molar-refractivity contribution in [3.63, 3.8) is 0 Å². The van der Waals surface area contributed by atoms with Crippen LogP contribution >= 0.6 is 24.2 Å². The third-order valence-electron chi connectivity index (χ3n) is 2.38. The average Bonchev–Trinajstić information content (AvgIpc) is 2.71. The predicted molar refractivity (Wildman–Crippen MR) is 67.4 cm³/mol. The minimum Gasteiger partial charge on any atom is -0.496 e. The zero-order chi connectivity index (χ0) is 9.80. The fraction of sp³-hybridized carbons (Fsp3) is 0.455. The summed E-state index contributed by atoms with van der Waals surface area (Å²) in [6, 6.07) is 8.22. The maximum atomic E-state index is 5.31. The van der Waals surface area contributed by atoms with E-state index < -0.39 is 0 Å². The van der Waals surface area contributed by atoms with Crippen molar-refractivity contribution < 1.29 is 4.74 Å². The monoisotopic (exact) mass is 245 g/mol. The number of nitrogens with one attached hydrogen (secondary N) is 1. The van der Waals surface area contributed by atoms with Gasteiger partial charge in [0.05, 0.1) is 7.11 Å². The summed E-state index contributed by atoms with van der Waals surface area (Å²) in [6.07, 6.45) is 1.25. The van der Waals surface area contributed by atoms with E-state index >= 15 is 0 Å². The highest BCUT2D eigenvalue weighted by molar-refractivity contribution is 8.00. The van der Waals surface area contributed by atoms with Crippen LogP contribution in [0.25, 0.3) is 0 Å². The van der Waals surface area contributed by atoms with Crippen LogP contribution in [0, 0.1) is 0 Å². The van der Waals surface area contributed by atoms with Gasteiger partial charge in [-0.3, -0.25) is 0 Å². The number of hydrogen-bond acceptors (Lipinski definition) is 3. The molecule has 1 aromatic carbocycles. The van der Waals surface area contributed by atoms with Gasteiger partial charge in [-0.05, 0) is 25.1 Å². The molecule has 1 N–H and O–H groups in total. The van der Waals surface area contributed by atoms with Crippen molar-refractivity contribution in [2.45, 2.75) is 16.6 Å². The van der Waals surface area contributed by atoms with Crippen LogP contribution < -0.4 is 10.1 Å². The van der Waals surface area contributed by atoms with E-state index in [9.17, 15) is 0 Å². The highest BCUT2D eigenvalue weighted by Gasteiger charge is 2.16. The molecule has 0 bridgehead atoms. The smallest absolute Gasteiger partial charge is 0.132 e. The van der Waals surface area contributed by atoms with Crippen LogP contribution in [-0.2, 0) is 0 Å². The lowest BCUT2D eigenvalue weighted by Crippen LogP contribution is -2.10. The first kappa shape index (κ1) is 12.7. The molecule has 4 heteroatoms. The Kier molecular flexibility index (Phi) is 5.29. The lowest BCUT2D eigenvalue weighted by molar-refractivity contribution is 0.404. The maximum absolute atomic E-state index is 5.31. The molecule has 0 spiro atoms. The van der Waals surface area contributed by atoms with Crippen LogP contribution in [0.3, 0.4) is 0 Å². The number of halogens is 1. The van der Waals surface area contributed by atoms with Crippen LogP contribution in [0.1, 0.15) is 6.42 Å². The summed E-state index contributed by atoms with van der Waals surface area (Å²) in [5.41, 5.74) is 0. The van der Waals surface area contributed by atoms with Gasteiger partial charge in [0, 0.05) is 16.7 Å². The number of thioether (sulfide) groups is 1. The lowest BCUT2D eigenvalue weighted by atomic mass is 10.3. The van der Waals surface area contributed by atoms with Gasteiger partial charge >= 0.3 is 0 Å². The van der Waals surface area contributed by atoms with Crippen LogP contribution in [0.15, 0.2) is 29.2 Å². The molecule has 0 aliphatic carbocycles. The highest BCUT2D eigenvalue weighted by atomic mass is 35.5. The molecule has 2 rings (SSSR count). The van der Waals surface area contributed by atoms with Crippen molar-refractivity contribution in [2.24, 2.45) is 0 Å². The zero-order valence-corrected chi connectivity index (χ0v) is 10.4. The average molecular weight is 246 g/mol. The molecule has 1 aliphatic heterocycles. The number of para-hydroxylation sites is 1. The largest absolute Gasteiger partial charge is 0.496 e. The highest BCUT2D eigenvalue weighted by Crippen LogP contribution is 2.33. The quantitative estimate of drug-likeness (QED) is 0.885. The Morgan fingerprint density at radius 2 is 2.20 bits per heavy atom. The molecule has 84 valence electrons. The number of hydrogen-bond donors (Lipinski definition) is 1. The minimum atomic E-state index is 0. The van der Waals surface area contributed by atoms with Crippen molar-refractivity contribution in [3.05, 3.63) is 24.3 Å². The molecule has 1 fully saturated rings. The van der Waals surface area contributed by atoms with Gasteiger partial charge in [0.2, 0.25) is 0 Å². The van der Waals surface area contributed by atoms with E-state index in [4.69, 9.17) is 4.74 Å². The summed E-state index contributed by atoms with van der Waals surface area (Å²) in [6.45, 7) is 2.26. The second-order valence-electron chi connectivity index (χ2n) is 3.38. The van der Waals surface area contributed by atoms with E-state index in [1.165, 1.54) is 11.3 Å². The summed E-state index contributed by atoms with van der Waals surface area (Å²) in [5.74, 6) is 0.990. The molecule has 1 aliphatic rings. The summed E-state index contributed by atoms with van der Waals surface area (Å²) >= 11 is 1.91. The Hall–Kier alpha value is -0.380. The van der Waals surface area contributed by atoms with E-state index in [-0.39, 0.29) is 12.4 Å². The van der Waals surface area contributed by atoms with Gasteiger partial charge in [-0.1, -0.05) is 12.1 Å². The number of ether oxygens (including phenoxy) is 1. The standard InChI is InChI=1S/C11H15NOS.ClH/c1-13-10-4-2-3-5-11(10)14-9-6-7-12-8-9;/h2-5,9,12H,6-8H2,1H3;1H/t9-;/m0./s1. The molecule has 1 heterocycles. The second-order valence-corrected chi connectivity index (χ2v) is 4.73. The molecular weight excluding hydrogens is 230 g/mol. The van der Waals surface area contributed by atoms with Crippen molar-refractivity contribution in [1.29, 1.82) is 0 Å². The Labute approximate surface area is 101 Å². The maximum Gasteiger partial charge on any atom is 0.132 e. The van der Waals surface area contributed by atoms with E-state index in [0.29, 0.717) is 5.25 Å². The molecule has 0 unspecified atom stereocenters. The number of rotatable bonds is 3. The molecule has 0 aromatic heterocycles. The molecule has 1 atom stereocenters. The van der Waals surface area contributed by atoms with Crippen LogP contribution in [0.2, 0.25) is 0 Å². The van der Waals surface area contributed by atoms with Gasteiger partial charge in [0.1, 0.15) is 5.75 Å². The minimum absolute atomic E-state index is 0. The first-order valence-corrected chi connectivity index (χ1v) is 5.78. The normalized spacial score (nSPS) is 19.7. The summed E-state index contributed by atoms with van der Waals surface area (Å²) in [7, 11) is 1.73. The molecule has 1 saturated heterocycles. The second kappa shape index (κ2) is 6.26. The fourth-order valence-corrected chi connectivity index (χ4v) is 2.85. The fourth-order valence-electron chi connectivity index (χ4n) is 1.62. The SMILES string of the molecule is COc1ccccc1S[C@H]1CCNC1.Cl. The molecule has 0 radical (unpaired) electrons. The van der Waals surface area contributed by atoms with Gasteiger partial charge in [0.25, 0.3) is 0 Å². The van der Waals surface area contributed by atoms with Gasteiger partial charge in [-0.25, -0.2) is 0 Å². The van der Waals surface area contributed by atoms with Crippen LogP contribution in [-0.4, -0.2) is 25.4 Å². The van der Waals surface area contributed by atoms with Gasteiger partial charge in [0.15, 0.2) is 0 Å². The molecule has 2 nitrogen and oxygen atoms in total. The summed E-state index contributed by atoms with van der Waals surface area (Å²) in [5, 5.41) is 4.07. The van der Waals surface area contributed by atoms with E-state index in [1.807, 2.05) is 23.9 Å². The molecule has 15 heavy (non-hydrogen) atoms. The van der Waals surface area contributed by atoms with Gasteiger partial charge < -0.3 is 10.1 Å². The van der Waals surface area contributed by atoms with Crippen molar-refractivity contribution in [3.8, 4) is 5.75 Å². The Balaban J connectivity index is 0.00000112. The third-order valence-corrected chi connectivity index (χ3v) is 3.70. The Bertz CT molecular complexity index is 302. The molecule has 0 saturated carbocycles. The summed E-state index contributed by atoms with van der Waals surface area (Å²) in [4.78, 5) is 1.25. The van der Waals surface area contributed by atoms with Crippen LogP contribution in [0.4, 0.5) is 0 Å². The first-order chi connectivity index (χ1) is 6.90. The van der Waals surface area contributed by atoms with Gasteiger partial charge in [-0.2, -0.15) is 0 Å². The third kappa shape index (κ3) is 3.30. The van der Waals surface area contributed by atoms with Crippen LogP contribution in [0.5, 0.6) is 5.75 Å². The predicted octanol–water partition coefficient (Wildman–Crippen LogP) is 2.57. The number of methoxy groups -OCH3 is 1. The molecular formula is C11H16ClNOS. The topological polar surface area (TPSA) is 21.3 Å². The van der Waals surface area contributed by atoms with Crippen molar-refractivity contribution >= 4 is 24.2 Å². The molecule has 0 amide bonds.